The summed E-state index contributed by atoms with van der Waals surface area (Å²) in [7, 11) is -2.92. The van der Waals surface area contributed by atoms with Crippen LogP contribution in [-0.2, 0) is 16.4 Å². The third-order valence-electron chi connectivity index (χ3n) is 3.71. The van der Waals surface area contributed by atoms with Gasteiger partial charge >= 0.3 is 0 Å². The van der Waals surface area contributed by atoms with Crippen molar-refractivity contribution in [3.63, 3.8) is 0 Å². The second kappa shape index (κ2) is 9.77. The molecule has 2 N–H and O–H groups in total. The van der Waals surface area contributed by atoms with Crippen LogP contribution in [0.15, 0.2) is 29.3 Å². The van der Waals surface area contributed by atoms with Gasteiger partial charge < -0.3 is 15.4 Å². The SMILES string of the molecule is CCNC(=NCc1ccccc1OC(C)(C)C)NC1CCS(=O)(=O)C1.I. The van der Waals surface area contributed by atoms with Gasteiger partial charge in [0.25, 0.3) is 0 Å². The minimum absolute atomic E-state index is 0. The van der Waals surface area contributed by atoms with Crippen molar-refractivity contribution in [2.45, 2.75) is 52.3 Å². The zero-order valence-corrected chi connectivity index (χ0v) is 19.1. The fourth-order valence-electron chi connectivity index (χ4n) is 2.65. The molecule has 1 aliphatic heterocycles. The number of hydrogen-bond donors (Lipinski definition) is 2. The highest BCUT2D eigenvalue weighted by Crippen LogP contribution is 2.23. The molecule has 0 spiro atoms. The summed E-state index contributed by atoms with van der Waals surface area (Å²) >= 11 is 0. The molecule has 0 radical (unpaired) electrons. The summed E-state index contributed by atoms with van der Waals surface area (Å²) < 4.78 is 29.2. The number of guanidine groups is 1. The van der Waals surface area contributed by atoms with Gasteiger partial charge in [-0.2, -0.15) is 0 Å². The second-order valence-electron chi connectivity index (χ2n) is 7.26. The van der Waals surface area contributed by atoms with Crippen molar-refractivity contribution in [1.29, 1.82) is 0 Å². The molecule has 0 saturated carbocycles. The van der Waals surface area contributed by atoms with Crippen LogP contribution in [0.2, 0.25) is 0 Å². The van der Waals surface area contributed by atoms with E-state index in [2.05, 4.69) is 15.6 Å². The van der Waals surface area contributed by atoms with E-state index in [0.29, 0.717) is 25.5 Å². The predicted octanol–water partition coefficient (Wildman–Crippen LogP) is 2.72. The van der Waals surface area contributed by atoms with Gasteiger partial charge in [0.05, 0.1) is 18.1 Å². The summed E-state index contributed by atoms with van der Waals surface area (Å²) in [6.07, 6.45) is 0.621. The lowest BCUT2D eigenvalue weighted by molar-refractivity contribution is 0.129. The maximum atomic E-state index is 11.6. The first-order valence-corrected chi connectivity index (χ1v) is 10.5. The van der Waals surface area contributed by atoms with Crippen molar-refractivity contribution in [1.82, 2.24) is 10.6 Å². The van der Waals surface area contributed by atoms with Gasteiger partial charge in [-0.1, -0.05) is 18.2 Å². The van der Waals surface area contributed by atoms with Crippen molar-refractivity contribution in [3.8, 4) is 5.75 Å². The number of nitrogens with zero attached hydrogens (tertiary/aromatic N) is 1. The smallest absolute Gasteiger partial charge is 0.191 e. The quantitative estimate of drug-likeness (QED) is 0.373. The number of aliphatic imine (C=N–C) groups is 1. The molecule has 148 valence electrons. The van der Waals surface area contributed by atoms with E-state index < -0.39 is 9.84 Å². The monoisotopic (exact) mass is 495 g/mol. The minimum atomic E-state index is -2.92. The van der Waals surface area contributed by atoms with E-state index >= 15 is 0 Å². The van der Waals surface area contributed by atoms with Crippen molar-refractivity contribution < 1.29 is 13.2 Å². The second-order valence-corrected chi connectivity index (χ2v) is 9.49. The van der Waals surface area contributed by atoms with Crippen LogP contribution in [0.5, 0.6) is 5.75 Å². The zero-order valence-electron chi connectivity index (χ0n) is 15.9. The van der Waals surface area contributed by atoms with Gasteiger partial charge in [-0.3, -0.25) is 0 Å². The average molecular weight is 495 g/mol. The van der Waals surface area contributed by atoms with Crippen LogP contribution in [-0.4, -0.2) is 44.1 Å². The fraction of sp³-hybridized carbons (Fsp3) is 0.611. The van der Waals surface area contributed by atoms with E-state index in [-0.39, 0.29) is 47.1 Å². The zero-order chi connectivity index (χ0) is 18.5. The first kappa shape index (κ1) is 23.0. The van der Waals surface area contributed by atoms with Gasteiger partial charge in [-0.25, -0.2) is 13.4 Å². The van der Waals surface area contributed by atoms with Crippen LogP contribution in [0.4, 0.5) is 0 Å². The highest BCUT2D eigenvalue weighted by molar-refractivity contribution is 14.0. The van der Waals surface area contributed by atoms with Crippen molar-refractivity contribution in [3.05, 3.63) is 29.8 Å². The molecule has 0 aromatic heterocycles. The molecule has 1 aliphatic rings. The summed E-state index contributed by atoms with van der Waals surface area (Å²) in [4.78, 5) is 4.61. The Balaban J connectivity index is 0.00000338. The standard InChI is InChI=1S/C18H29N3O3S.HI/c1-5-19-17(21-15-10-11-25(22,23)13-15)20-12-14-8-6-7-9-16(14)24-18(2,3)4;/h6-9,15H,5,10-13H2,1-4H3,(H2,19,20,21);1H. The molecule has 6 nitrogen and oxygen atoms in total. The number of benzene rings is 1. The van der Waals surface area contributed by atoms with Crippen LogP contribution in [0, 0.1) is 0 Å². The first-order valence-electron chi connectivity index (χ1n) is 8.71. The Kier molecular flexibility index (Phi) is 8.65. The normalized spacial score (nSPS) is 19.5. The van der Waals surface area contributed by atoms with Gasteiger partial charge in [0.15, 0.2) is 15.8 Å². The molecule has 1 saturated heterocycles. The van der Waals surface area contributed by atoms with Crippen molar-refractivity contribution >= 4 is 39.8 Å². The van der Waals surface area contributed by atoms with Crippen molar-refractivity contribution in [2.24, 2.45) is 4.99 Å². The number of hydrogen-bond acceptors (Lipinski definition) is 4. The molecule has 1 atom stereocenters. The average Bonchev–Trinajstić information content (AvgIpc) is 2.83. The van der Waals surface area contributed by atoms with E-state index in [0.717, 1.165) is 11.3 Å². The fourth-order valence-corrected chi connectivity index (χ4v) is 4.32. The highest BCUT2D eigenvalue weighted by Gasteiger charge is 2.28. The molecule has 1 aromatic rings. The maximum Gasteiger partial charge on any atom is 0.191 e. The number of nitrogens with one attached hydrogen (secondary N) is 2. The number of sulfone groups is 1. The Morgan fingerprint density at radius 2 is 2.00 bits per heavy atom. The molecular formula is C18H30IN3O3S. The van der Waals surface area contributed by atoms with E-state index in [9.17, 15) is 8.42 Å². The maximum absolute atomic E-state index is 11.6. The summed E-state index contributed by atoms with van der Waals surface area (Å²) in [5.74, 6) is 1.86. The summed E-state index contributed by atoms with van der Waals surface area (Å²) in [5, 5.41) is 6.41. The molecule has 1 unspecified atom stereocenters. The molecule has 1 aromatic carbocycles. The Hall–Kier alpha value is -1.03. The van der Waals surface area contributed by atoms with Gasteiger partial charge in [0.1, 0.15) is 11.4 Å². The van der Waals surface area contributed by atoms with Crippen LogP contribution >= 0.6 is 24.0 Å². The third-order valence-corrected chi connectivity index (χ3v) is 5.48. The predicted molar refractivity (Wildman–Crippen MR) is 117 cm³/mol. The van der Waals surface area contributed by atoms with Crippen LogP contribution in [0.3, 0.4) is 0 Å². The number of rotatable bonds is 5. The number of para-hydroxylation sites is 1. The molecule has 8 heteroatoms. The van der Waals surface area contributed by atoms with Crippen molar-refractivity contribution in [2.75, 3.05) is 18.1 Å². The summed E-state index contributed by atoms with van der Waals surface area (Å²) in [5.41, 5.74) is 0.717. The lowest BCUT2D eigenvalue weighted by Crippen LogP contribution is -2.44. The first-order chi connectivity index (χ1) is 11.7. The van der Waals surface area contributed by atoms with Gasteiger partial charge in [0.2, 0.25) is 0 Å². The summed E-state index contributed by atoms with van der Waals surface area (Å²) in [6, 6.07) is 7.77. The Morgan fingerprint density at radius 1 is 1.31 bits per heavy atom. The Labute approximate surface area is 174 Å². The van der Waals surface area contributed by atoms with Crippen LogP contribution in [0.25, 0.3) is 0 Å². The molecule has 1 heterocycles. The lowest BCUT2D eigenvalue weighted by atomic mass is 10.1. The number of ether oxygens (including phenoxy) is 1. The molecular weight excluding hydrogens is 465 g/mol. The molecule has 2 rings (SSSR count). The largest absolute Gasteiger partial charge is 0.488 e. The van der Waals surface area contributed by atoms with Gasteiger partial charge in [-0.05, 0) is 40.2 Å². The molecule has 1 fully saturated rings. The van der Waals surface area contributed by atoms with Gasteiger partial charge in [0, 0.05) is 18.2 Å². The van der Waals surface area contributed by atoms with E-state index in [1.54, 1.807) is 0 Å². The van der Waals surface area contributed by atoms with E-state index in [1.165, 1.54) is 0 Å². The third kappa shape index (κ3) is 7.69. The molecule has 0 bridgehead atoms. The topological polar surface area (TPSA) is 79.8 Å². The Morgan fingerprint density at radius 3 is 2.58 bits per heavy atom. The highest BCUT2D eigenvalue weighted by atomic mass is 127. The summed E-state index contributed by atoms with van der Waals surface area (Å²) in [6.45, 7) is 9.20. The lowest BCUT2D eigenvalue weighted by Gasteiger charge is -2.23. The van der Waals surface area contributed by atoms with E-state index in [4.69, 9.17) is 4.74 Å². The molecule has 26 heavy (non-hydrogen) atoms. The van der Waals surface area contributed by atoms with Crippen LogP contribution in [0.1, 0.15) is 39.7 Å². The Bertz CT molecular complexity index is 715. The molecule has 0 amide bonds. The van der Waals surface area contributed by atoms with E-state index in [1.807, 2.05) is 52.0 Å². The minimum Gasteiger partial charge on any atom is -0.488 e. The molecule has 0 aliphatic carbocycles. The van der Waals surface area contributed by atoms with Crippen LogP contribution < -0.4 is 15.4 Å². The van der Waals surface area contributed by atoms with Gasteiger partial charge in [-0.15, -0.1) is 24.0 Å². The number of halogens is 1.